The van der Waals surface area contributed by atoms with Gasteiger partial charge < -0.3 is 24.3 Å². The molecule has 100 valence electrons. The monoisotopic (exact) mass is 261 g/mol. The maximum atomic E-state index is 9.18. The van der Waals surface area contributed by atoms with Gasteiger partial charge in [-0.25, -0.2) is 4.98 Å². The molecule has 0 atom stereocenters. The molecule has 0 unspecified atom stereocenters. The standard InChI is InChI=1S/C12H16BN3O3/c1-15-4-6-16(7-5-15)12-9-8-11(13(17)18)19-10(9)2-3-14-12/h2-3,8,17-18H,4-7H2,1H3. The molecule has 6 nitrogen and oxygen atoms in total. The number of hydrogen-bond donors (Lipinski definition) is 2. The summed E-state index contributed by atoms with van der Waals surface area (Å²) >= 11 is 0. The Morgan fingerprint density at radius 2 is 2.00 bits per heavy atom. The lowest BCUT2D eigenvalue weighted by Gasteiger charge is -2.33. The SMILES string of the molecule is CN1CCN(c2nccc3oc(B(O)O)cc23)CC1. The van der Waals surface area contributed by atoms with Gasteiger partial charge in [-0.3, -0.25) is 0 Å². The number of anilines is 1. The highest BCUT2D eigenvalue weighted by Crippen LogP contribution is 2.25. The first-order valence-corrected chi connectivity index (χ1v) is 6.33. The summed E-state index contributed by atoms with van der Waals surface area (Å²) in [7, 11) is 0.511. The van der Waals surface area contributed by atoms with Crippen molar-refractivity contribution in [2.75, 3.05) is 38.1 Å². The van der Waals surface area contributed by atoms with Crippen molar-refractivity contribution < 1.29 is 14.5 Å². The summed E-state index contributed by atoms with van der Waals surface area (Å²) in [5.74, 6) is 0.848. The highest BCUT2D eigenvalue weighted by Gasteiger charge is 2.22. The summed E-state index contributed by atoms with van der Waals surface area (Å²) in [6.45, 7) is 3.80. The van der Waals surface area contributed by atoms with Crippen molar-refractivity contribution in [3.05, 3.63) is 18.3 Å². The van der Waals surface area contributed by atoms with E-state index in [9.17, 15) is 10.0 Å². The molecule has 0 aliphatic carbocycles. The highest BCUT2D eigenvalue weighted by molar-refractivity contribution is 6.57. The number of piperazine rings is 1. The van der Waals surface area contributed by atoms with Gasteiger partial charge in [-0.05, 0) is 19.2 Å². The molecular formula is C12H16BN3O3. The normalized spacial score (nSPS) is 17.1. The fraction of sp³-hybridized carbons (Fsp3) is 0.417. The van der Waals surface area contributed by atoms with E-state index in [4.69, 9.17) is 4.42 Å². The zero-order chi connectivity index (χ0) is 13.4. The van der Waals surface area contributed by atoms with Gasteiger partial charge in [0.25, 0.3) is 0 Å². The zero-order valence-corrected chi connectivity index (χ0v) is 10.8. The lowest BCUT2D eigenvalue weighted by Crippen LogP contribution is -2.44. The summed E-state index contributed by atoms with van der Waals surface area (Å²) in [6.07, 6.45) is 1.69. The Morgan fingerprint density at radius 1 is 1.26 bits per heavy atom. The Kier molecular flexibility index (Phi) is 3.18. The molecule has 3 rings (SSSR count). The van der Waals surface area contributed by atoms with E-state index in [1.807, 2.05) is 0 Å². The summed E-state index contributed by atoms with van der Waals surface area (Å²) in [5.41, 5.74) is 0.783. The van der Waals surface area contributed by atoms with Gasteiger partial charge in [0.1, 0.15) is 17.1 Å². The first kappa shape index (κ1) is 12.5. The fourth-order valence-corrected chi connectivity index (χ4v) is 2.37. The molecule has 1 aliphatic heterocycles. The third-order valence-electron chi connectivity index (χ3n) is 3.50. The van der Waals surface area contributed by atoms with E-state index in [-0.39, 0.29) is 5.66 Å². The van der Waals surface area contributed by atoms with Crippen LogP contribution in [0.2, 0.25) is 0 Å². The molecule has 3 heterocycles. The van der Waals surface area contributed by atoms with Crippen molar-refractivity contribution in [3.63, 3.8) is 0 Å². The van der Waals surface area contributed by atoms with E-state index in [1.165, 1.54) is 0 Å². The largest absolute Gasteiger partial charge is 0.526 e. The van der Waals surface area contributed by atoms with Crippen LogP contribution in [0.25, 0.3) is 11.0 Å². The molecule has 2 N–H and O–H groups in total. The maximum absolute atomic E-state index is 9.18. The minimum Gasteiger partial charge on any atom is -0.464 e. The molecule has 0 spiro atoms. The maximum Gasteiger partial charge on any atom is 0.526 e. The molecule has 0 radical (unpaired) electrons. The number of aromatic nitrogens is 1. The third kappa shape index (κ3) is 2.32. The Bertz CT molecular complexity index is 579. The Labute approximate surface area is 111 Å². The highest BCUT2D eigenvalue weighted by atomic mass is 16.4. The molecule has 1 fully saturated rings. The lowest BCUT2D eigenvalue weighted by atomic mass is 9.88. The van der Waals surface area contributed by atoms with Crippen molar-refractivity contribution in [2.45, 2.75) is 0 Å². The van der Waals surface area contributed by atoms with Gasteiger partial charge in [0, 0.05) is 32.4 Å². The van der Waals surface area contributed by atoms with E-state index in [0.717, 1.165) is 37.4 Å². The molecule has 0 aromatic carbocycles. The number of fused-ring (bicyclic) bond motifs is 1. The van der Waals surface area contributed by atoms with Gasteiger partial charge in [-0.2, -0.15) is 0 Å². The van der Waals surface area contributed by atoms with Gasteiger partial charge in [-0.1, -0.05) is 0 Å². The van der Waals surface area contributed by atoms with E-state index < -0.39 is 7.12 Å². The predicted molar refractivity (Wildman–Crippen MR) is 73.5 cm³/mol. The first-order valence-electron chi connectivity index (χ1n) is 6.33. The predicted octanol–water partition coefficient (Wildman–Crippen LogP) is -0.741. The molecule has 0 bridgehead atoms. The quantitative estimate of drug-likeness (QED) is 0.694. The van der Waals surface area contributed by atoms with Crippen LogP contribution in [-0.4, -0.2) is 60.3 Å². The van der Waals surface area contributed by atoms with Crippen molar-refractivity contribution in [1.82, 2.24) is 9.88 Å². The van der Waals surface area contributed by atoms with Gasteiger partial charge in [0.05, 0.1) is 5.39 Å². The van der Waals surface area contributed by atoms with Gasteiger partial charge in [-0.15, -0.1) is 0 Å². The van der Waals surface area contributed by atoms with Crippen LogP contribution in [0.3, 0.4) is 0 Å². The number of furan rings is 1. The van der Waals surface area contributed by atoms with Crippen molar-refractivity contribution in [3.8, 4) is 0 Å². The average molecular weight is 261 g/mol. The van der Waals surface area contributed by atoms with Crippen molar-refractivity contribution in [2.24, 2.45) is 0 Å². The van der Waals surface area contributed by atoms with Crippen molar-refractivity contribution in [1.29, 1.82) is 0 Å². The molecule has 1 aliphatic rings. The Balaban J connectivity index is 1.98. The molecular weight excluding hydrogens is 245 g/mol. The average Bonchev–Trinajstić information content (AvgIpc) is 2.83. The number of pyridine rings is 1. The van der Waals surface area contributed by atoms with Crippen LogP contribution >= 0.6 is 0 Å². The van der Waals surface area contributed by atoms with Crippen LogP contribution in [-0.2, 0) is 0 Å². The molecule has 7 heteroatoms. The van der Waals surface area contributed by atoms with Crippen LogP contribution in [0.5, 0.6) is 0 Å². The smallest absolute Gasteiger partial charge is 0.464 e. The second kappa shape index (κ2) is 4.84. The van der Waals surface area contributed by atoms with E-state index in [0.29, 0.717) is 5.58 Å². The molecule has 19 heavy (non-hydrogen) atoms. The summed E-state index contributed by atoms with van der Waals surface area (Å²) in [6, 6.07) is 3.39. The molecule has 0 amide bonds. The fourth-order valence-electron chi connectivity index (χ4n) is 2.37. The van der Waals surface area contributed by atoms with Gasteiger partial charge in [0.2, 0.25) is 0 Å². The molecule has 2 aromatic heterocycles. The van der Waals surface area contributed by atoms with Crippen LogP contribution in [0.15, 0.2) is 22.7 Å². The van der Waals surface area contributed by atoms with Crippen LogP contribution in [0.1, 0.15) is 0 Å². The number of rotatable bonds is 2. The second-order valence-corrected chi connectivity index (χ2v) is 4.86. The number of hydrogen-bond acceptors (Lipinski definition) is 6. The summed E-state index contributed by atoms with van der Waals surface area (Å²) < 4.78 is 5.40. The summed E-state index contributed by atoms with van der Waals surface area (Å²) in [4.78, 5) is 8.88. The number of nitrogens with zero attached hydrogens (tertiary/aromatic N) is 3. The van der Waals surface area contributed by atoms with E-state index in [1.54, 1.807) is 18.3 Å². The molecule has 2 aromatic rings. The molecule has 1 saturated heterocycles. The van der Waals surface area contributed by atoms with Crippen LogP contribution in [0, 0.1) is 0 Å². The third-order valence-corrected chi connectivity index (χ3v) is 3.50. The van der Waals surface area contributed by atoms with Gasteiger partial charge >= 0.3 is 7.12 Å². The first-order chi connectivity index (χ1) is 9.15. The Morgan fingerprint density at radius 3 is 2.68 bits per heavy atom. The summed E-state index contributed by atoms with van der Waals surface area (Å²) in [5, 5.41) is 19.2. The van der Waals surface area contributed by atoms with E-state index >= 15 is 0 Å². The van der Waals surface area contributed by atoms with E-state index in [2.05, 4.69) is 21.8 Å². The molecule has 0 saturated carbocycles. The van der Waals surface area contributed by atoms with Crippen molar-refractivity contribution >= 4 is 29.6 Å². The zero-order valence-electron chi connectivity index (χ0n) is 10.8. The lowest BCUT2D eigenvalue weighted by molar-refractivity contribution is 0.312. The topological polar surface area (TPSA) is 73.0 Å². The Hall–Kier alpha value is -1.57. The number of likely N-dealkylation sites (N-methyl/N-ethyl adjacent to an activating group) is 1. The minimum absolute atomic E-state index is 0.151. The van der Waals surface area contributed by atoms with Crippen LogP contribution < -0.4 is 10.6 Å². The second-order valence-electron chi connectivity index (χ2n) is 4.86. The van der Waals surface area contributed by atoms with Crippen LogP contribution in [0.4, 0.5) is 5.82 Å². The van der Waals surface area contributed by atoms with Gasteiger partial charge in [0.15, 0.2) is 0 Å². The minimum atomic E-state index is -1.59.